The van der Waals surface area contributed by atoms with Crippen molar-refractivity contribution >= 4 is 6.03 Å². The van der Waals surface area contributed by atoms with Crippen molar-refractivity contribution in [1.29, 1.82) is 0 Å². The lowest BCUT2D eigenvalue weighted by Crippen LogP contribution is -2.49. The predicted octanol–water partition coefficient (Wildman–Crippen LogP) is 2.04. The van der Waals surface area contributed by atoms with Crippen molar-refractivity contribution in [3.8, 4) is 0 Å². The lowest BCUT2D eigenvalue weighted by Gasteiger charge is -2.28. The van der Waals surface area contributed by atoms with Crippen molar-refractivity contribution in [1.82, 2.24) is 15.2 Å². The summed E-state index contributed by atoms with van der Waals surface area (Å²) in [5.74, 6) is 0. The average Bonchev–Trinajstić information content (AvgIpc) is 2.33. The van der Waals surface area contributed by atoms with Crippen LogP contribution >= 0.6 is 0 Å². The first-order valence-corrected chi connectivity index (χ1v) is 6.38. The van der Waals surface area contributed by atoms with E-state index in [9.17, 15) is 4.79 Å². The van der Waals surface area contributed by atoms with Gasteiger partial charge in [-0.3, -0.25) is 4.98 Å². The van der Waals surface area contributed by atoms with E-state index in [1.54, 1.807) is 18.2 Å². The Labute approximate surface area is 115 Å². The zero-order chi connectivity index (χ0) is 14.3. The summed E-state index contributed by atoms with van der Waals surface area (Å²) in [5, 5.41) is 2.95. The summed E-state index contributed by atoms with van der Waals surface area (Å²) in [7, 11) is 1.63. The number of carbonyl (C=O) groups is 1. The molecule has 1 N–H and O–H groups in total. The van der Waals surface area contributed by atoms with Gasteiger partial charge in [0.25, 0.3) is 0 Å². The molecule has 5 heteroatoms. The predicted molar refractivity (Wildman–Crippen MR) is 74.8 cm³/mol. The van der Waals surface area contributed by atoms with E-state index >= 15 is 0 Å². The van der Waals surface area contributed by atoms with Crippen LogP contribution in [0, 0.1) is 0 Å². The van der Waals surface area contributed by atoms with Gasteiger partial charge in [0.15, 0.2) is 0 Å². The molecule has 0 atom stereocenters. The second-order valence-electron chi connectivity index (χ2n) is 5.42. The summed E-state index contributed by atoms with van der Waals surface area (Å²) in [4.78, 5) is 18.1. The number of aromatic nitrogens is 1. The number of methoxy groups -OCH3 is 1. The molecule has 0 aliphatic rings. The third-order valence-electron chi connectivity index (χ3n) is 2.41. The summed E-state index contributed by atoms with van der Waals surface area (Å²) >= 11 is 0. The van der Waals surface area contributed by atoms with Gasteiger partial charge in [-0.2, -0.15) is 0 Å². The molecule has 0 aromatic carbocycles. The highest BCUT2D eigenvalue weighted by molar-refractivity contribution is 5.74. The van der Waals surface area contributed by atoms with Crippen LogP contribution in [-0.2, 0) is 11.3 Å². The van der Waals surface area contributed by atoms with Gasteiger partial charge >= 0.3 is 6.03 Å². The van der Waals surface area contributed by atoms with Crippen LogP contribution in [0.15, 0.2) is 24.4 Å². The molecule has 0 saturated carbocycles. The number of amides is 2. The lowest BCUT2D eigenvalue weighted by molar-refractivity contribution is 0.142. The van der Waals surface area contributed by atoms with Gasteiger partial charge < -0.3 is 15.0 Å². The zero-order valence-electron chi connectivity index (χ0n) is 12.1. The summed E-state index contributed by atoms with van der Waals surface area (Å²) in [6.07, 6.45) is 1.73. The summed E-state index contributed by atoms with van der Waals surface area (Å²) in [6, 6.07) is 5.58. The fraction of sp³-hybridized carbons (Fsp3) is 0.571. The van der Waals surface area contributed by atoms with Crippen molar-refractivity contribution in [3.05, 3.63) is 30.1 Å². The maximum Gasteiger partial charge on any atom is 0.318 e. The molecular weight excluding hydrogens is 242 g/mol. The Hall–Kier alpha value is -1.62. The van der Waals surface area contributed by atoms with Gasteiger partial charge in [-0.1, -0.05) is 6.07 Å². The minimum atomic E-state index is -0.257. The van der Waals surface area contributed by atoms with E-state index in [0.29, 0.717) is 19.7 Å². The molecule has 1 aromatic heterocycles. The Balaban J connectivity index is 2.68. The van der Waals surface area contributed by atoms with Gasteiger partial charge in [-0.05, 0) is 32.9 Å². The van der Waals surface area contributed by atoms with E-state index in [-0.39, 0.29) is 11.6 Å². The Bertz CT molecular complexity index is 387. The summed E-state index contributed by atoms with van der Waals surface area (Å²) in [6.45, 7) is 7.39. The van der Waals surface area contributed by atoms with Crippen molar-refractivity contribution in [2.24, 2.45) is 0 Å². The molecule has 0 aliphatic heterocycles. The van der Waals surface area contributed by atoms with E-state index in [1.165, 1.54) is 0 Å². The molecular formula is C14H23N3O2. The van der Waals surface area contributed by atoms with E-state index < -0.39 is 0 Å². The molecule has 1 rings (SSSR count). The zero-order valence-corrected chi connectivity index (χ0v) is 12.1. The second-order valence-corrected chi connectivity index (χ2v) is 5.42. The topological polar surface area (TPSA) is 54.5 Å². The summed E-state index contributed by atoms with van der Waals surface area (Å²) in [5.41, 5.74) is 0.606. The van der Waals surface area contributed by atoms with Crippen LogP contribution in [-0.4, -0.2) is 41.7 Å². The molecule has 0 saturated heterocycles. The molecule has 0 aliphatic carbocycles. The second kappa shape index (κ2) is 7.09. The fourth-order valence-corrected chi connectivity index (χ4v) is 1.54. The Morgan fingerprint density at radius 3 is 2.68 bits per heavy atom. The number of hydrogen-bond donors (Lipinski definition) is 1. The Kier molecular flexibility index (Phi) is 5.76. The number of pyridine rings is 1. The molecule has 1 heterocycles. The van der Waals surface area contributed by atoms with Crippen LogP contribution in [0.3, 0.4) is 0 Å². The Morgan fingerprint density at radius 1 is 1.42 bits per heavy atom. The summed E-state index contributed by atoms with van der Waals surface area (Å²) < 4.78 is 5.05. The van der Waals surface area contributed by atoms with E-state index in [2.05, 4.69) is 10.3 Å². The van der Waals surface area contributed by atoms with Gasteiger partial charge in [0.05, 0.1) is 18.8 Å². The fourth-order valence-electron chi connectivity index (χ4n) is 1.54. The largest absolute Gasteiger partial charge is 0.383 e. The third-order valence-corrected chi connectivity index (χ3v) is 2.41. The van der Waals surface area contributed by atoms with Crippen molar-refractivity contribution in [2.45, 2.75) is 32.9 Å². The highest BCUT2D eigenvalue weighted by Crippen LogP contribution is 2.05. The van der Waals surface area contributed by atoms with Gasteiger partial charge in [0.2, 0.25) is 0 Å². The Morgan fingerprint density at radius 2 is 2.16 bits per heavy atom. The monoisotopic (exact) mass is 265 g/mol. The van der Waals surface area contributed by atoms with Gasteiger partial charge in [0.1, 0.15) is 0 Å². The molecule has 0 radical (unpaired) electrons. The number of carbonyl (C=O) groups excluding carboxylic acids is 1. The molecule has 0 unspecified atom stereocenters. The van der Waals surface area contributed by atoms with Crippen LogP contribution in [0.5, 0.6) is 0 Å². The van der Waals surface area contributed by atoms with E-state index in [1.807, 2.05) is 39.0 Å². The van der Waals surface area contributed by atoms with Crippen LogP contribution in [0.1, 0.15) is 26.5 Å². The molecule has 0 fully saturated rings. The minimum Gasteiger partial charge on any atom is -0.383 e. The van der Waals surface area contributed by atoms with Crippen LogP contribution < -0.4 is 5.32 Å². The normalized spacial score (nSPS) is 11.2. The number of nitrogens with zero attached hydrogens (tertiary/aromatic N) is 2. The smallest absolute Gasteiger partial charge is 0.318 e. The first-order valence-electron chi connectivity index (χ1n) is 6.38. The van der Waals surface area contributed by atoms with Crippen molar-refractivity contribution < 1.29 is 9.53 Å². The highest BCUT2D eigenvalue weighted by atomic mass is 16.5. The molecule has 0 bridgehead atoms. The first kappa shape index (κ1) is 15.4. The van der Waals surface area contributed by atoms with E-state index in [4.69, 9.17) is 4.74 Å². The van der Waals surface area contributed by atoms with Gasteiger partial charge in [0, 0.05) is 25.4 Å². The quantitative estimate of drug-likeness (QED) is 0.886. The van der Waals surface area contributed by atoms with Crippen molar-refractivity contribution in [2.75, 3.05) is 20.3 Å². The molecule has 0 spiro atoms. The van der Waals surface area contributed by atoms with Crippen LogP contribution in [0.25, 0.3) is 0 Å². The molecule has 2 amide bonds. The van der Waals surface area contributed by atoms with Crippen molar-refractivity contribution in [3.63, 3.8) is 0 Å². The van der Waals surface area contributed by atoms with E-state index in [0.717, 1.165) is 5.69 Å². The number of nitrogens with one attached hydrogen (secondary N) is 1. The number of rotatable bonds is 5. The maximum atomic E-state index is 12.2. The lowest BCUT2D eigenvalue weighted by atomic mass is 10.1. The first-order chi connectivity index (χ1) is 8.92. The molecule has 106 valence electrons. The minimum absolute atomic E-state index is 0.102. The molecule has 5 nitrogen and oxygen atoms in total. The molecule has 19 heavy (non-hydrogen) atoms. The van der Waals surface area contributed by atoms with Crippen LogP contribution in [0.4, 0.5) is 4.79 Å². The number of urea groups is 1. The number of ether oxygens (including phenoxy) is 1. The molecule has 1 aromatic rings. The average molecular weight is 265 g/mol. The van der Waals surface area contributed by atoms with Crippen LogP contribution in [0.2, 0.25) is 0 Å². The standard InChI is InChI=1S/C14H23N3O2/c1-14(2,3)16-13(18)17(9-10-19-4)11-12-7-5-6-8-15-12/h5-8H,9-11H2,1-4H3,(H,16,18). The highest BCUT2D eigenvalue weighted by Gasteiger charge is 2.19. The maximum absolute atomic E-state index is 12.2. The number of hydrogen-bond acceptors (Lipinski definition) is 3. The van der Waals surface area contributed by atoms with Gasteiger partial charge in [-0.25, -0.2) is 4.79 Å². The van der Waals surface area contributed by atoms with Gasteiger partial charge in [-0.15, -0.1) is 0 Å². The third kappa shape index (κ3) is 6.20. The SMILES string of the molecule is COCCN(Cc1ccccn1)C(=O)NC(C)(C)C.